The maximum Gasteiger partial charge on any atom is 0.349 e. The molecule has 0 unspecified atom stereocenters. The first-order valence-corrected chi connectivity index (χ1v) is 5.25. The highest BCUT2D eigenvalue weighted by Crippen LogP contribution is 2.16. The topological polar surface area (TPSA) is 79.5 Å². The first kappa shape index (κ1) is 12.3. The normalized spacial score (nSPS) is 10.6. The minimum atomic E-state index is -0.914. The van der Waals surface area contributed by atoms with E-state index in [1.807, 2.05) is 0 Å². The SMILES string of the molecule is O=C(NCCO)c1cc2cccc(F)c2oc1=O. The highest BCUT2D eigenvalue weighted by Gasteiger charge is 2.14. The summed E-state index contributed by atoms with van der Waals surface area (Å²) in [6.45, 7) is -0.210. The van der Waals surface area contributed by atoms with Gasteiger partial charge in [-0.05, 0) is 12.1 Å². The molecule has 0 bridgehead atoms. The molecule has 0 atom stereocenters. The van der Waals surface area contributed by atoms with Crippen LogP contribution in [0, 0.1) is 5.82 Å². The van der Waals surface area contributed by atoms with Gasteiger partial charge in [0.15, 0.2) is 11.4 Å². The molecule has 0 aliphatic carbocycles. The summed E-state index contributed by atoms with van der Waals surface area (Å²) in [5.74, 6) is -1.32. The van der Waals surface area contributed by atoms with Crippen LogP contribution in [0.4, 0.5) is 4.39 Å². The molecule has 0 fully saturated rings. The van der Waals surface area contributed by atoms with Gasteiger partial charge in [0.25, 0.3) is 5.91 Å². The number of hydrogen-bond acceptors (Lipinski definition) is 4. The quantitative estimate of drug-likeness (QED) is 0.785. The van der Waals surface area contributed by atoms with Gasteiger partial charge in [0, 0.05) is 11.9 Å². The predicted octanol–water partition coefficient (Wildman–Crippen LogP) is 0.654. The number of aliphatic hydroxyl groups is 1. The van der Waals surface area contributed by atoms with Gasteiger partial charge >= 0.3 is 5.63 Å². The molecule has 6 heteroatoms. The Morgan fingerprint density at radius 2 is 2.22 bits per heavy atom. The minimum absolute atomic E-state index is 0.0272. The molecule has 18 heavy (non-hydrogen) atoms. The molecular formula is C12H10FNO4. The highest BCUT2D eigenvalue weighted by molar-refractivity contribution is 5.96. The van der Waals surface area contributed by atoms with Gasteiger partial charge in [-0.15, -0.1) is 0 Å². The highest BCUT2D eigenvalue weighted by atomic mass is 19.1. The van der Waals surface area contributed by atoms with E-state index < -0.39 is 17.3 Å². The van der Waals surface area contributed by atoms with Crippen LogP contribution in [0.25, 0.3) is 11.0 Å². The number of hydrogen-bond donors (Lipinski definition) is 2. The molecule has 1 heterocycles. The van der Waals surface area contributed by atoms with Crippen molar-refractivity contribution >= 4 is 16.9 Å². The molecular weight excluding hydrogens is 241 g/mol. The van der Waals surface area contributed by atoms with Crippen LogP contribution >= 0.6 is 0 Å². The Kier molecular flexibility index (Phi) is 3.38. The first-order chi connectivity index (χ1) is 8.63. The van der Waals surface area contributed by atoms with Gasteiger partial charge in [-0.3, -0.25) is 4.79 Å². The third-order valence-electron chi connectivity index (χ3n) is 2.35. The van der Waals surface area contributed by atoms with Crippen LogP contribution in [0.2, 0.25) is 0 Å². The maximum atomic E-state index is 13.3. The monoisotopic (exact) mass is 251 g/mol. The number of para-hydroxylation sites is 1. The molecule has 2 N–H and O–H groups in total. The molecule has 0 radical (unpaired) electrons. The lowest BCUT2D eigenvalue weighted by molar-refractivity contribution is 0.0941. The second kappa shape index (κ2) is 4.97. The van der Waals surface area contributed by atoms with Crippen LogP contribution in [-0.2, 0) is 0 Å². The van der Waals surface area contributed by atoms with Crippen molar-refractivity contribution in [2.45, 2.75) is 0 Å². The number of halogens is 1. The van der Waals surface area contributed by atoms with Crippen molar-refractivity contribution in [3.8, 4) is 0 Å². The van der Waals surface area contributed by atoms with E-state index in [9.17, 15) is 14.0 Å². The van der Waals surface area contributed by atoms with Crippen molar-refractivity contribution in [2.24, 2.45) is 0 Å². The van der Waals surface area contributed by atoms with Crippen LogP contribution in [0.15, 0.2) is 33.5 Å². The van der Waals surface area contributed by atoms with E-state index in [-0.39, 0.29) is 24.3 Å². The summed E-state index contributed by atoms with van der Waals surface area (Å²) in [5, 5.41) is 11.2. The zero-order valence-electron chi connectivity index (χ0n) is 9.27. The average Bonchev–Trinajstić information content (AvgIpc) is 2.36. The number of carbonyl (C=O) groups is 1. The second-order valence-corrected chi connectivity index (χ2v) is 3.59. The molecule has 2 aromatic rings. The summed E-state index contributed by atoms with van der Waals surface area (Å²) in [4.78, 5) is 23.1. The van der Waals surface area contributed by atoms with Crippen molar-refractivity contribution in [1.29, 1.82) is 0 Å². The van der Waals surface area contributed by atoms with Gasteiger partial charge < -0.3 is 14.8 Å². The van der Waals surface area contributed by atoms with Crippen molar-refractivity contribution in [2.75, 3.05) is 13.2 Å². The third kappa shape index (κ3) is 2.23. The molecule has 0 spiro atoms. The summed E-state index contributed by atoms with van der Waals surface area (Å²) in [5.41, 5.74) is -1.31. The fourth-order valence-corrected chi connectivity index (χ4v) is 1.53. The van der Waals surface area contributed by atoms with Crippen molar-refractivity contribution in [3.63, 3.8) is 0 Å². The van der Waals surface area contributed by atoms with Gasteiger partial charge in [0.2, 0.25) is 0 Å². The third-order valence-corrected chi connectivity index (χ3v) is 2.35. The molecule has 0 aliphatic rings. The smallest absolute Gasteiger partial charge is 0.349 e. The van der Waals surface area contributed by atoms with Crippen molar-refractivity contribution < 1.29 is 18.7 Å². The molecule has 0 saturated carbocycles. The molecule has 0 saturated heterocycles. The molecule has 1 aromatic carbocycles. The van der Waals surface area contributed by atoms with Gasteiger partial charge in [0.1, 0.15) is 5.56 Å². The van der Waals surface area contributed by atoms with Crippen LogP contribution in [0.3, 0.4) is 0 Å². The number of carbonyl (C=O) groups excluding carboxylic acids is 1. The average molecular weight is 251 g/mol. The summed E-state index contributed by atoms with van der Waals surface area (Å²) in [6.07, 6.45) is 0. The molecule has 1 aromatic heterocycles. The van der Waals surface area contributed by atoms with Gasteiger partial charge in [-0.1, -0.05) is 12.1 Å². The standard InChI is InChI=1S/C12H10FNO4/c13-9-3-1-2-7-6-8(11(16)14-4-5-15)12(17)18-10(7)9/h1-3,6,15H,4-5H2,(H,14,16). The Morgan fingerprint density at radius 1 is 1.44 bits per heavy atom. The summed E-state index contributed by atoms with van der Waals surface area (Å²) in [6, 6.07) is 5.41. The number of rotatable bonds is 3. The maximum absolute atomic E-state index is 13.3. The molecule has 2 rings (SSSR count). The number of amides is 1. The van der Waals surface area contributed by atoms with E-state index in [4.69, 9.17) is 9.52 Å². The summed E-state index contributed by atoms with van der Waals surface area (Å²) >= 11 is 0. The van der Waals surface area contributed by atoms with Crippen LogP contribution < -0.4 is 10.9 Å². The fraction of sp³-hybridized carbons (Fsp3) is 0.167. The summed E-state index contributed by atoms with van der Waals surface area (Å²) in [7, 11) is 0. The van der Waals surface area contributed by atoms with Crippen molar-refractivity contribution in [1.82, 2.24) is 5.32 Å². The lowest BCUT2D eigenvalue weighted by atomic mass is 10.1. The first-order valence-electron chi connectivity index (χ1n) is 5.25. The van der Waals surface area contributed by atoms with E-state index in [0.29, 0.717) is 5.39 Å². The van der Waals surface area contributed by atoms with Gasteiger partial charge in [0.05, 0.1) is 6.61 Å². The number of fused-ring (bicyclic) bond motifs is 1. The van der Waals surface area contributed by atoms with E-state index >= 15 is 0 Å². The molecule has 5 nitrogen and oxygen atoms in total. The zero-order chi connectivity index (χ0) is 13.1. The van der Waals surface area contributed by atoms with E-state index in [1.165, 1.54) is 18.2 Å². The Bertz CT molecular complexity index is 650. The molecule has 1 amide bonds. The largest absolute Gasteiger partial charge is 0.419 e. The molecule has 94 valence electrons. The Morgan fingerprint density at radius 3 is 2.94 bits per heavy atom. The lowest BCUT2D eigenvalue weighted by Crippen LogP contribution is -2.30. The Balaban J connectivity index is 2.50. The number of nitrogens with one attached hydrogen (secondary N) is 1. The Labute approximate surface area is 101 Å². The summed E-state index contributed by atoms with van der Waals surface area (Å²) < 4.78 is 18.1. The van der Waals surface area contributed by atoms with E-state index in [2.05, 4.69) is 5.32 Å². The minimum Gasteiger partial charge on any atom is -0.419 e. The fourth-order valence-electron chi connectivity index (χ4n) is 1.53. The zero-order valence-corrected chi connectivity index (χ0v) is 9.27. The number of aliphatic hydroxyl groups excluding tert-OH is 1. The van der Waals surface area contributed by atoms with Gasteiger partial charge in [-0.25, -0.2) is 9.18 Å². The van der Waals surface area contributed by atoms with Gasteiger partial charge in [-0.2, -0.15) is 0 Å². The van der Waals surface area contributed by atoms with E-state index in [0.717, 1.165) is 6.07 Å². The van der Waals surface area contributed by atoms with Crippen LogP contribution in [-0.4, -0.2) is 24.2 Å². The van der Waals surface area contributed by atoms with E-state index in [1.54, 1.807) is 0 Å². The second-order valence-electron chi connectivity index (χ2n) is 3.59. The van der Waals surface area contributed by atoms with Crippen LogP contribution in [0.1, 0.15) is 10.4 Å². The van der Waals surface area contributed by atoms with Crippen LogP contribution in [0.5, 0.6) is 0 Å². The predicted molar refractivity (Wildman–Crippen MR) is 61.9 cm³/mol. The van der Waals surface area contributed by atoms with Crippen molar-refractivity contribution in [3.05, 3.63) is 46.1 Å². The lowest BCUT2D eigenvalue weighted by Gasteiger charge is -2.03. The number of benzene rings is 1. The Hall–Kier alpha value is -2.21. The molecule has 0 aliphatic heterocycles.